The van der Waals surface area contributed by atoms with Gasteiger partial charge in [0.05, 0.1) is 5.52 Å². The second-order valence-corrected chi connectivity index (χ2v) is 8.78. The van der Waals surface area contributed by atoms with E-state index in [1.165, 1.54) is 24.3 Å². The number of benzene rings is 2. The molecule has 8 heteroatoms. The minimum atomic E-state index is -3.69. The van der Waals surface area contributed by atoms with Gasteiger partial charge in [0, 0.05) is 29.3 Å². The topological polar surface area (TPSA) is 60.5 Å². The zero-order valence-electron chi connectivity index (χ0n) is 18.0. The number of nitrogens with one attached hydrogen (secondary N) is 1. The number of amides is 1. The molecule has 1 amide bonds. The number of nitrogens with zero attached hydrogens (tertiary/aromatic N) is 1. The lowest BCUT2D eigenvalue weighted by molar-refractivity contribution is -0.286. The maximum absolute atomic E-state index is 13.8. The number of fused-ring (bicyclic) bond motifs is 2. The molecule has 5 nitrogen and oxygen atoms in total. The van der Waals surface area contributed by atoms with E-state index in [2.05, 4.69) is 19.8 Å². The third kappa shape index (κ3) is 4.34. The number of carbonyl (C=O) groups excluding carboxylic acids is 1. The summed E-state index contributed by atoms with van der Waals surface area (Å²) in [6.07, 6.45) is 1.60. The molecule has 0 radical (unpaired) electrons. The fourth-order valence-corrected chi connectivity index (χ4v) is 4.92. The highest BCUT2D eigenvalue weighted by atomic mass is 19.3. The molecule has 2 aliphatic rings. The van der Waals surface area contributed by atoms with E-state index in [0.29, 0.717) is 11.6 Å². The first-order valence-corrected chi connectivity index (χ1v) is 11.0. The van der Waals surface area contributed by atoms with Gasteiger partial charge in [0.15, 0.2) is 11.5 Å². The van der Waals surface area contributed by atoms with E-state index in [9.17, 15) is 18.0 Å². The summed E-state index contributed by atoms with van der Waals surface area (Å²) >= 11 is 0. The second-order valence-electron chi connectivity index (χ2n) is 8.78. The molecule has 172 valence electrons. The average Bonchev–Trinajstić information content (AvgIpc) is 3.11. The Labute approximate surface area is 188 Å². The number of hydrogen-bond acceptors (Lipinski definition) is 4. The lowest BCUT2D eigenvalue weighted by atomic mass is 9.73. The van der Waals surface area contributed by atoms with Crippen molar-refractivity contribution >= 4 is 22.5 Å². The Morgan fingerprint density at radius 3 is 2.61 bits per heavy atom. The molecular formula is C25H23F3N2O3. The maximum atomic E-state index is 13.8. The van der Waals surface area contributed by atoms with Gasteiger partial charge in [-0.3, -0.25) is 9.78 Å². The van der Waals surface area contributed by atoms with Crippen LogP contribution >= 0.6 is 0 Å². The number of hydrogen-bond donors (Lipinski definition) is 1. The van der Waals surface area contributed by atoms with Crippen LogP contribution in [0, 0.1) is 17.7 Å². The zero-order valence-corrected chi connectivity index (χ0v) is 18.0. The Morgan fingerprint density at radius 2 is 1.82 bits per heavy atom. The van der Waals surface area contributed by atoms with E-state index in [4.69, 9.17) is 0 Å². The molecule has 33 heavy (non-hydrogen) atoms. The smallest absolute Gasteiger partial charge is 0.395 e. The van der Waals surface area contributed by atoms with Crippen LogP contribution in [0.5, 0.6) is 11.5 Å². The van der Waals surface area contributed by atoms with Crippen molar-refractivity contribution in [3.05, 3.63) is 60.0 Å². The molecule has 2 aromatic carbocycles. The SMILES string of the molecule is C[C@@H](C(=O)Nc1ccc2c(c1)OC(F)(F)O2)[C@H]1CC[C@@H](c2ccnc3ccc(F)cc32)CC1. The highest BCUT2D eigenvalue weighted by Crippen LogP contribution is 2.43. The van der Waals surface area contributed by atoms with Crippen LogP contribution in [-0.4, -0.2) is 17.2 Å². The number of halogens is 3. The molecule has 5 rings (SSSR count). The van der Waals surface area contributed by atoms with Gasteiger partial charge in [0.2, 0.25) is 5.91 Å². The number of aromatic nitrogens is 1. The first kappa shape index (κ1) is 21.6. The van der Waals surface area contributed by atoms with Crippen LogP contribution in [0.4, 0.5) is 18.9 Å². The standard InChI is InChI=1S/C25H23F3N2O3/c1-14(24(31)30-18-7-9-22-23(13-18)33-25(27,28)32-22)15-2-4-16(5-3-15)19-10-11-29-21-8-6-17(26)12-20(19)21/h6-16H,2-5H2,1H3,(H,30,31)/t14-,15-,16+/m1/s1. The minimum absolute atomic E-state index is 0.0621. The minimum Gasteiger partial charge on any atom is -0.395 e. The number of pyridine rings is 1. The van der Waals surface area contributed by atoms with Crippen LogP contribution in [0.1, 0.15) is 44.1 Å². The molecule has 1 aliphatic carbocycles. The van der Waals surface area contributed by atoms with Gasteiger partial charge in [0.1, 0.15) is 5.82 Å². The average molecular weight is 456 g/mol. The quantitative estimate of drug-likeness (QED) is 0.505. The molecule has 0 saturated heterocycles. The largest absolute Gasteiger partial charge is 0.586 e. The Bertz CT molecular complexity index is 1210. The van der Waals surface area contributed by atoms with Crippen molar-refractivity contribution in [2.45, 2.75) is 44.8 Å². The lowest BCUT2D eigenvalue weighted by Crippen LogP contribution is -2.29. The van der Waals surface area contributed by atoms with Gasteiger partial charge in [-0.25, -0.2) is 4.39 Å². The van der Waals surface area contributed by atoms with Gasteiger partial charge in [-0.2, -0.15) is 0 Å². The molecule has 1 N–H and O–H groups in total. The number of ether oxygens (including phenoxy) is 2. The van der Waals surface area contributed by atoms with E-state index in [1.807, 2.05) is 13.0 Å². The molecule has 1 aromatic heterocycles. The fraction of sp³-hybridized carbons (Fsp3) is 0.360. The van der Waals surface area contributed by atoms with E-state index in [0.717, 1.165) is 42.1 Å². The third-order valence-corrected chi connectivity index (χ3v) is 6.74. The molecule has 0 unspecified atom stereocenters. The normalized spacial score (nSPS) is 22.2. The van der Waals surface area contributed by atoms with Crippen LogP contribution in [0.15, 0.2) is 48.7 Å². The second kappa shape index (κ2) is 8.24. The Morgan fingerprint density at radius 1 is 1.06 bits per heavy atom. The van der Waals surface area contributed by atoms with Crippen LogP contribution in [0.2, 0.25) is 0 Å². The van der Waals surface area contributed by atoms with E-state index < -0.39 is 6.29 Å². The molecular weight excluding hydrogens is 433 g/mol. The van der Waals surface area contributed by atoms with Crippen molar-refractivity contribution in [2.24, 2.45) is 11.8 Å². The summed E-state index contributed by atoms with van der Waals surface area (Å²) in [7, 11) is 0. The van der Waals surface area contributed by atoms with E-state index in [1.54, 1.807) is 18.3 Å². The van der Waals surface area contributed by atoms with Crippen molar-refractivity contribution in [3.63, 3.8) is 0 Å². The Balaban J connectivity index is 1.22. The summed E-state index contributed by atoms with van der Waals surface area (Å²) in [6, 6.07) is 10.8. The van der Waals surface area contributed by atoms with E-state index >= 15 is 0 Å². The first-order chi connectivity index (χ1) is 15.8. The van der Waals surface area contributed by atoms with Crippen LogP contribution in [-0.2, 0) is 4.79 Å². The molecule has 2 heterocycles. The summed E-state index contributed by atoms with van der Waals surface area (Å²) < 4.78 is 49.1. The zero-order chi connectivity index (χ0) is 23.2. The van der Waals surface area contributed by atoms with Crippen molar-refractivity contribution in [1.29, 1.82) is 0 Å². The molecule has 1 fully saturated rings. The molecule has 1 atom stereocenters. The summed E-state index contributed by atoms with van der Waals surface area (Å²) in [5, 5.41) is 3.65. The van der Waals surface area contributed by atoms with Gasteiger partial charge in [-0.15, -0.1) is 8.78 Å². The predicted octanol–water partition coefficient (Wildman–Crippen LogP) is 6.24. The first-order valence-electron chi connectivity index (χ1n) is 11.0. The van der Waals surface area contributed by atoms with Gasteiger partial charge >= 0.3 is 6.29 Å². The summed E-state index contributed by atoms with van der Waals surface area (Å²) in [4.78, 5) is 17.2. The number of alkyl halides is 2. The van der Waals surface area contributed by atoms with Crippen LogP contribution in [0.25, 0.3) is 10.9 Å². The summed E-state index contributed by atoms with van der Waals surface area (Å²) in [6.45, 7) is 1.89. The fourth-order valence-electron chi connectivity index (χ4n) is 4.92. The Hall–Kier alpha value is -3.29. The summed E-state index contributed by atoms with van der Waals surface area (Å²) in [5.41, 5.74) is 2.27. The Kier molecular flexibility index (Phi) is 5.38. The van der Waals surface area contributed by atoms with Crippen LogP contribution in [0.3, 0.4) is 0 Å². The molecule has 1 aliphatic heterocycles. The van der Waals surface area contributed by atoms with Crippen molar-refractivity contribution in [2.75, 3.05) is 5.32 Å². The van der Waals surface area contributed by atoms with Crippen molar-refractivity contribution in [1.82, 2.24) is 4.98 Å². The van der Waals surface area contributed by atoms with Gasteiger partial charge in [-0.05, 0) is 79.5 Å². The summed E-state index contributed by atoms with van der Waals surface area (Å²) in [5.74, 6) is -0.364. The molecule has 0 bridgehead atoms. The van der Waals surface area contributed by atoms with Crippen molar-refractivity contribution < 1.29 is 27.4 Å². The molecule has 1 saturated carbocycles. The third-order valence-electron chi connectivity index (χ3n) is 6.74. The lowest BCUT2D eigenvalue weighted by Gasteiger charge is -2.32. The highest BCUT2D eigenvalue weighted by Gasteiger charge is 2.43. The number of anilines is 1. The van der Waals surface area contributed by atoms with Gasteiger partial charge in [0.25, 0.3) is 0 Å². The van der Waals surface area contributed by atoms with Gasteiger partial charge < -0.3 is 14.8 Å². The number of rotatable bonds is 4. The molecule has 0 spiro atoms. The van der Waals surface area contributed by atoms with Gasteiger partial charge in [-0.1, -0.05) is 6.92 Å². The highest BCUT2D eigenvalue weighted by molar-refractivity contribution is 5.93. The number of carbonyl (C=O) groups is 1. The predicted molar refractivity (Wildman–Crippen MR) is 117 cm³/mol. The van der Waals surface area contributed by atoms with E-state index in [-0.39, 0.29) is 35.1 Å². The van der Waals surface area contributed by atoms with Crippen molar-refractivity contribution in [3.8, 4) is 11.5 Å². The maximum Gasteiger partial charge on any atom is 0.586 e. The monoisotopic (exact) mass is 456 g/mol. The molecule has 3 aromatic rings. The van der Waals surface area contributed by atoms with Crippen LogP contribution < -0.4 is 14.8 Å².